The monoisotopic (exact) mass is 200 g/mol. The second kappa shape index (κ2) is 4.75. The van der Waals surface area contributed by atoms with Gasteiger partial charge in [0.05, 0.1) is 6.54 Å². The van der Waals surface area contributed by atoms with Crippen molar-refractivity contribution in [1.82, 2.24) is 9.80 Å². The maximum Gasteiger partial charge on any atom is 0.317 e. The minimum Gasteiger partial charge on any atom is -0.480 e. The van der Waals surface area contributed by atoms with Gasteiger partial charge in [-0.15, -0.1) is 0 Å². The molecule has 0 aromatic heterocycles. The van der Waals surface area contributed by atoms with Gasteiger partial charge in [0.25, 0.3) is 0 Å². The number of aliphatic carboxylic acids is 1. The zero-order valence-corrected chi connectivity index (χ0v) is 9.23. The lowest BCUT2D eigenvalue weighted by molar-refractivity contribution is -0.139. The Labute approximate surface area is 85.5 Å². The van der Waals surface area contributed by atoms with Crippen LogP contribution in [-0.4, -0.2) is 59.1 Å². The third-order valence-electron chi connectivity index (χ3n) is 2.87. The fourth-order valence-corrected chi connectivity index (χ4v) is 1.90. The van der Waals surface area contributed by atoms with Crippen molar-refractivity contribution in [2.75, 3.05) is 26.2 Å². The lowest BCUT2D eigenvalue weighted by Gasteiger charge is -2.40. The highest BCUT2D eigenvalue weighted by molar-refractivity contribution is 5.69. The van der Waals surface area contributed by atoms with Gasteiger partial charge in [-0.2, -0.15) is 0 Å². The number of carbonyl (C=O) groups is 1. The van der Waals surface area contributed by atoms with Crippen LogP contribution in [0.15, 0.2) is 0 Å². The van der Waals surface area contributed by atoms with E-state index in [-0.39, 0.29) is 6.54 Å². The lowest BCUT2D eigenvalue weighted by atomic mass is 10.1. The molecule has 1 atom stereocenters. The Morgan fingerprint density at radius 2 is 2.14 bits per heavy atom. The fourth-order valence-electron chi connectivity index (χ4n) is 1.90. The van der Waals surface area contributed by atoms with E-state index in [0.717, 1.165) is 19.6 Å². The second-order valence-corrected chi connectivity index (χ2v) is 4.30. The van der Waals surface area contributed by atoms with E-state index in [2.05, 4.69) is 25.7 Å². The first kappa shape index (κ1) is 11.5. The van der Waals surface area contributed by atoms with E-state index in [1.807, 2.05) is 4.90 Å². The van der Waals surface area contributed by atoms with Crippen molar-refractivity contribution in [3.05, 3.63) is 0 Å². The summed E-state index contributed by atoms with van der Waals surface area (Å²) < 4.78 is 0. The van der Waals surface area contributed by atoms with Crippen molar-refractivity contribution in [3.8, 4) is 0 Å². The molecule has 4 heteroatoms. The third-order valence-corrected chi connectivity index (χ3v) is 2.87. The Kier molecular flexibility index (Phi) is 3.89. The van der Waals surface area contributed by atoms with E-state index in [4.69, 9.17) is 5.11 Å². The van der Waals surface area contributed by atoms with Crippen LogP contribution in [0.2, 0.25) is 0 Å². The summed E-state index contributed by atoms with van der Waals surface area (Å²) in [5.41, 5.74) is 0. The standard InChI is InChI=1S/C10H20N2O2/c1-8(2)11-4-5-12(7-10(13)14)9(3)6-11/h8-9H,4-7H2,1-3H3,(H,13,14). The van der Waals surface area contributed by atoms with Gasteiger partial charge in [0.2, 0.25) is 0 Å². The van der Waals surface area contributed by atoms with E-state index in [9.17, 15) is 4.79 Å². The highest BCUT2D eigenvalue weighted by atomic mass is 16.4. The van der Waals surface area contributed by atoms with Gasteiger partial charge in [0.1, 0.15) is 0 Å². The van der Waals surface area contributed by atoms with Crippen LogP contribution in [0.4, 0.5) is 0 Å². The van der Waals surface area contributed by atoms with Gasteiger partial charge < -0.3 is 5.11 Å². The molecule has 0 spiro atoms. The van der Waals surface area contributed by atoms with Gasteiger partial charge in [-0.05, 0) is 20.8 Å². The SMILES string of the molecule is CC(C)N1CCN(CC(=O)O)C(C)C1. The summed E-state index contributed by atoms with van der Waals surface area (Å²) in [7, 11) is 0. The molecule has 0 aromatic carbocycles. The van der Waals surface area contributed by atoms with Crippen molar-refractivity contribution in [2.45, 2.75) is 32.9 Å². The normalized spacial score (nSPS) is 25.6. The number of piperazine rings is 1. The molecule has 1 aliphatic rings. The molecule has 1 rings (SSSR count). The summed E-state index contributed by atoms with van der Waals surface area (Å²) in [6, 6.07) is 0.909. The van der Waals surface area contributed by atoms with Crippen LogP contribution in [0.5, 0.6) is 0 Å². The zero-order chi connectivity index (χ0) is 10.7. The summed E-state index contributed by atoms with van der Waals surface area (Å²) in [4.78, 5) is 15.0. The lowest BCUT2D eigenvalue weighted by Crippen LogP contribution is -2.54. The van der Waals surface area contributed by atoms with Crippen LogP contribution < -0.4 is 0 Å². The largest absolute Gasteiger partial charge is 0.480 e. The van der Waals surface area contributed by atoms with Crippen LogP contribution in [0.1, 0.15) is 20.8 Å². The summed E-state index contributed by atoms with van der Waals surface area (Å²) in [6.07, 6.45) is 0. The minimum absolute atomic E-state index is 0.174. The number of carboxylic acid groups (broad SMARTS) is 1. The molecule has 0 aliphatic carbocycles. The Morgan fingerprint density at radius 1 is 1.50 bits per heavy atom. The van der Waals surface area contributed by atoms with E-state index in [0.29, 0.717) is 12.1 Å². The van der Waals surface area contributed by atoms with Gasteiger partial charge in [-0.1, -0.05) is 0 Å². The van der Waals surface area contributed by atoms with Crippen LogP contribution in [-0.2, 0) is 4.79 Å². The summed E-state index contributed by atoms with van der Waals surface area (Å²) in [6.45, 7) is 9.45. The molecule has 4 nitrogen and oxygen atoms in total. The molecular formula is C10H20N2O2. The Morgan fingerprint density at radius 3 is 2.57 bits per heavy atom. The first-order valence-electron chi connectivity index (χ1n) is 5.20. The summed E-state index contributed by atoms with van der Waals surface area (Å²) in [5, 5.41) is 8.70. The van der Waals surface area contributed by atoms with Gasteiger partial charge >= 0.3 is 5.97 Å². The van der Waals surface area contributed by atoms with Crippen LogP contribution in [0, 0.1) is 0 Å². The molecule has 82 valence electrons. The summed E-state index contributed by atoms with van der Waals surface area (Å²) >= 11 is 0. The van der Waals surface area contributed by atoms with Crippen molar-refractivity contribution in [1.29, 1.82) is 0 Å². The molecule has 1 fully saturated rings. The number of nitrogens with zero attached hydrogens (tertiary/aromatic N) is 2. The molecule has 1 unspecified atom stereocenters. The molecule has 14 heavy (non-hydrogen) atoms. The third kappa shape index (κ3) is 2.96. The van der Waals surface area contributed by atoms with Crippen molar-refractivity contribution >= 4 is 5.97 Å². The molecule has 1 heterocycles. The van der Waals surface area contributed by atoms with E-state index in [1.165, 1.54) is 0 Å². The molecule has 1 aliphatic heterocycles. The van der Waals surface area contributed by atoms with Crippen LogP contribution in [0.3, 0.4) is 0 Å². The zero-order valence-electron chi connectivity index (χ0n) is 9.23. The van der Waals surface area contributed by atoms with E-state index in [1.54, 1.807) is 0 Å². The average molecular weight is 200 g/mol. The Bertz CT molecular complexity index is 206. The van der Waals surface area contributed by atoms with Crippen molar-refractivity contribution < 1.29 is 9.90 Å². The van der Waals surface area contributed by atoms with E-state index < -0.39 is 5.97 Å². The highest BCUT2D eigenvalue weighted by Gasteiger charge is 2.25. The minimum atomic E-state index is -0.727. The first-order valence-corrected chi connectivity index (χ1v) is 5.20. The van der Waals surface area contributed by atoms with Crippen molar-refractivity contribution in [3.63, 3.8) is 0 Å². The summed E-state index contributed by atoms with van der Waals surface area (Å²) in [5.74, 6) is -0.727. The fraction of sp³-hybridized carbons (Fsp3) is 0.900. The van der Waals surface area contributed by atoms with Gasteiger partial charge in [0, 0.05) is 31.7 Å². The highest BCUT2D eigenvalue weighted by Crippen LogP contribution is 2.11. The maximum atomic E-state index is 10.6. The molecule has 1 N–H and O–H groups in total. The van der Waals surface area contributed by atoms with Crippen molar-refractivity contribution in [2.24, 2.45) is 0 Å². The Hall–Kier alpha value is -0.610. The molecular weight excluding hydrogens is 180 g/mol. The maximum absolute atomic E-state index is 10.6. The molecule has 0 saturated carbocycles. The smallest absolute Gasteiger partial charge is 0.317 e. The molecule has 0 radical (unpaired) electrons. The number of carboxylic acids is 1. The Balaban J connectivity index is 2.43. The quantitative estimate of drug-likeness (QED) is 0.720. The molecule has 0 amide bonds. The first-order chi connectivity index (χ1) is 6.50. The van der Waals surface area contributed by atoms with Gasteiger partial charge in [-0.25, -0.2) is 0 Å². The molecule has 0 aromatic rings. The predicted molar refractivity (Wildman–Crippen MR) is 55.4 cm³/mol. The van der Waals surface area contributed by atoms with Gasteiger partial charge in [-0.3, -0.25) is 14.6 Å². The van der Waals surface area contributed by atoms with Crippen LogP contribution >= 0.6 is 0 Å². The van der Waals surface area contributed by atoms with Crippen LogP contribution in [0.25, 0.3) is 0 Å². The number of hydrogen-bond acceptors (Lipinski definition) is 3. The predicted octanol–water partition coefficient (Wildman–Crippen LogP) is 0.486. The van der Waals surface area contributed by atoms with E-state index >= 15 is 0 Å². The molecule has 0 bridgehead atoms. The number of hydrogen-bond donors (Lipinski definition) is 1. The number of rotatable bonds is 3. The van der Waals surface area contributed by atoms with Gasteiger partial charge in [0.15, 0.2) is 0 Å². The topological polar surface area (TPSA) is 43.8 Å². The average Bonchev–Trinajstić information content (AvgIpc) is 2.07. The second-order valence-electron chi connectivity index (χ2n) is 4.30. The molecule has 1 saturated heterocycles.